The number of nitrogens with one attached hydrogen (secondary N) is 1. The Labute approximate surface area is 249 Å². The summed E-state index contributed by atoms with van der Waals surface area (Å²) in [4.78, 5) is 31.6. The monoisotopic (exact) mass is 565 g/mol. The molecule has 0 spiro atoms. The predicted octanol–water partition coefficient (Wildman–Crippen LogP) is 8.11. The van der Waals surface area contributed by atoms with Gasteiger partial charge in [0.2, 0.25) is 0 Å². The Bertz CT molecular complexity index is 1540. The number of benzene rings is 3. The molecule has 6 heteroatoms. The van der Waals surface area contributed by atoms with Gasteiger partial charge < -0.3 is 14.6 Å². The zero-order valence-electron chi connectivity index (χ0n) is 25.4. The first-order valence-corrected chi connectivity index (χ1v) is 15.4. The Balaban J connectivity index is 1.52. The molecular formula is C36H43N3O3. The van der Waals surface area contributed by atoms with E-state index in [9.17, 15) is 9.59 Å². The van der Waals surface area contributed by atoms with Crippen LogP contribution in [0.2, 0.25) is 0 Å². The van der Waals surface area contributed by atoms with Crippen molar-refractivity contribution in [2.45, 2.75) is 97.2 Å². The number of hydrogen-bond donors (Lipinski definition) is 1. The number of ether oxygens (including phenoxy) is 1. The fraction of sp³-hybridized carbons (Fsp3) is 0.417. The molecular weight excluding hydrogens is 522 g/mol. The first-order valence-electron chi connectivity index (χ1n) is 15.4. The van der Waals surface area contributed by atoms with Crippen LogP contribution in [0.5, 0.6) is 0 Å². The van der Waals surface area contributed by atoms with Crippen LogP contribution in [0, 0.1) is 0 Å². The summed E-state index contributed by atoms with van der Waals surface area (Å²) in [7, 11) is 0. The maximum atomic E-state index is 13.4. The summed E-state index contributed by atoms with van der Waals surface area (Å²) in [5, 5.41) is 3.25. The highest BCUT2D eigenvalue weighted by Gasteiger charge is 2.23. The van der Waals surface area contributed by atoms with E-state index in [1.54, 1.807) is 0 Å². The number of carbonyl (C=O) groups is 2. The molecule has 1 aromatic heterocycles. The molecule has 42 heavy (non-hydrogen) atoms. The second-order valence-electron chi connectivity index (χ2n) is 12.5. The van der Waals surface area contributed by atoms with E-state index >= 15 is 0 Å². The third-order valence-electron chi connectivity index (χ3n) is 7.91. The van der Waals surface area contributed by atoms with Crippen molar-refractivity contribution in [1.29, 1.82) is 0 Å². The Morgan fingerprint density at radius 3 is 2.45 bits per heavy atom. The summed E-state index contributed by atoms with van der Waals surface area (Å²) < 4.78 is 8.03. The van der Waals surface area contributed by atoms with Crippen molar-refractivity contribution in [2.24, 2.45) is 0 Å². The van der Waals surface area contributed by atoms with E-state index in [4.69, 9.17) is 9.72 Å². The van der Waals surface area contributed by atoms with Crippen molar-refractivity contribution < 1.29 is 14.3 Å². The Morgan fingerprint density at radius 2 is 1.74 bits per heavy atom. The number of aromatic nitrogens is 2. The number of carbonyl (C=O) groups excluding carboxylic acids is 2. The van der Waals surface area contributed by atoms with Crippen LogP contribution < -0.4 is 5.32 Å². The fourth-order valence-corrected chi connectivity index (χ4v) is 5.78. The fourth-order valence-electron chi connectivity index (χ4n) is 5.78. The van der Waals surface area contributed by atoms with Crippen molar-refractivity contribution in [3.63, 3.8) is 0 Å². The van der Waals surface area contributed by atoms with Gasteiger partial charge >= 0.3 is 5.97 Å². The molecule has 1 heterocycles. The number of nitrogens with zero attached hydrogens (tertiary/aromatic N) is 2. The average molecular weight is 566 g/mol. The third kappa shape index (κ3) is 7.10. The normalized spacial score (nSPS) is 14.2. The summed E-state index contributed by atoms with van der Waals surface area (Å²) in [6.07, 6.45) is 8.62. The van der Waals surface area contributed by atoms with Crippen LogP contribution in [0.3, 0.4) is 0 Å². The molecule has 6 nitrogen and oxygen atoms in total. The molecule has 5 rings (SSSR count). The highest BCUT2D eigenvalue weighted by atomic mass is 16.6. The number of hydrogen-bond acceptors (Lipinski definition) is 4. The first-order chi connectivity index (χ1) is 20.2. The van der Waals surface area contributed by atoms with E-state index < -0.39 is 5.60 Å². The van der Waals surface area contributed by atoms with Gasteiger partial charge in [-0.2, -0.15) is 0 Å². The highest BCUT2D eigenvalue weighted by Crippen LogP contribution is 2.29. The third-order valence-corrected chi connectivity index (χ3v) is 7.91. The maximum Gasteiger partial charge on any atom is 0.339 e. The number of rotatable bonds is 9. The van der Waals surface area contributed by atoms with Gasteiger partial charge in [-0.3, -0.25) is 4.79 Å². The van der Waals surface area contributed by atoms with Crippen LogP contribution in [0.15, 0.2) is 66.7 Å². The summed E-state index contributed by atoms with van der Waals surface area (Å²) in [6, 6.07) is 22.0. The van der Waals surface area contributed by atoms with Gasteiger partial charge in [-0.25, -0.2) is 9.78 Å². The summed E-state index contributed by atoms with van der Waals surface area (Å²) in [5.74, 6) is 0.625. The van der Waals surface area contributed by atoms with E-state index in [0.717, 1.165) is 65.7 Å². The number of aryl methyl sites for hydroxylation is 1. The van der Waals surface area contributed by atoms with Gasteiger partial charge in [0.15, 0.2) is 0 Å². The van der Waals surface area contributed by atoms with Gasteiger partial charge in [-0.15, -0.1) is 0 Å². The van der Waals surface area contributed by atoms with E-state index in [0.29, 0.717) is 17.7 Å². The SMILES string of the molecule is CCCCc1nc2ccc(C(=O)NC3CCCCC3)cc2n1Cc1ccc(-c2ccccc2)c(C(=O)OC(C)(C)C)c1. The molecule has 1 aliphatic rings. The number of fused-ring (bicyclic) bond motifs is 1. The van der Waals surface area contributed by atoms with Crippen LogP contribution in [-0.2, 0) is 17.7 Å². The summed E-state index contributed by atoms with van der Waals surface area (Å²) in [5.41, 5.74) is 5.19. The van der Waals surface area contributed by atoms with Crippen molar-refractivity contribution >= 4 is 22.9 Å². The molecule has 0 unspecified atom stereocenters. The highest BCUT2D eigenvalue weighted by molar-refractivity contribution is 5.98. The van der Waals surface area contributed by atoms with E-state index in [1.807, 2.05) is 81.4 Å². The average Bonchev–Trinajstić information content (AvgIpc) is 3.32. The molecule has 0 saturated heterocycles. The Hall–Kier alpha value is -3.93. The van der Waals surface area contributed by atoms with Gasteiger partial charge in [0.25, 0.3) is 5.91 Å². The van der Waals surface area contributed by atoms with Gasteiger partial charge in [-0.1, -0.05) is 75.1 Å². The molecule has 0 bridgehead atoms. The van der Waals surface area contributed by atoms with Gasteiger partial charge in [0, 0.05) is 24.6 Å². The molecule has 0 aliphatic heterocycles. The van der Waals surface area contributed by atoms with Crippen LogP contribution in [0.4, 0.5) is 0 Å². The topological polar surface area (TPSA) is 73.2 Å². The van der Waals surface area contributed by atoms with Crippen LogP contribution in [-0.4, -0.2) is 33.1 Å². The van der Waals surface area contributed by atoms with Gasteiger partial charge in [-0.05, 0) is 81.0 Å². The molecule has 3 aromatic carbocycles. The molecule has 0 radical (unpaired) electrons. The minimum absolute atomic E-state index is 0.0221. The molecule has 1 aliphatic carbocycles. The van der Waals surface area contributed by atoms with Crippen molar-refractivity contribution in [1.82, 2.24) is 14.9 Å². The van der Waals surface area contributed by atoms with Crippen LogP contribution in [0.25, 0.3) is 22.2 Å². The minimum Gasteiger partial charge on any atom is -0.456 e. The van der Waals surface area contributed by atoms with Gasteiger partial charge in [0.05, 0.1) is 16.6 Å². The van der Waals surface area contributed by atoms with E-state index in [-0.39, 0.29) is 17.9 Å². The lowest BCUT2D eigenvalue weighted by molar-refractivity contribution is 0.00702. The standard InChI is InChI=1S/C36H43N3O3/c1-5-6-17-33-38-31-21-19-27(34(40)37-28-15-11-8-12-16-28)23-32(31)39(33)24-25-18-20-29(26-13-9-7-10-14-26)30(22-25)35(41)42-36(2,3)4/h7,9-10,13-14,18-23,28H,5-6,8,11-12,15-17,24H2,1-4H3,(H,37,40). The lowest BCUT2D eigenvalue weighted by Crippen LogP contribution is -2.36. The second kappa shape index (κ2) is 12.9. The zero-order chi connectivity index (χ0) is 29.7. The molecule has 220 valence electrons. The zero-order valence-corrected chi connectivity index (χ0v) is 25.4. The van der Waals surface area contributed by atoms with E-state index in [1.165, 1.54) is 19.3 Å². The van der Waals surface area contributed by atoms with Crippen molar-refractivity contribution in [3.8, 4) is 11.1 Å². The Kier molecular flexibility index (Phi) is 9.10. The smallest absolute Gasteiger partial charge is 0.339 e. The molecule has 0 atom stereocenters. The maximum absolute atomic E-state index is 13.4. The molecule has 1 N–H and O–H groups in total. The van der Waals surface area contributed by atoms with Gasteiger partial charge in [0.1, 0.15) is 11.4 Å². The largest absolute Gasteiger partial charge is 0.456 e. The van der Waals surface area contributed by atoms with Crippen molar-refractivity contribution in [3.05, 3.63) is 89.2 Å². The van der Waals surface area contributed by atoms with Crippen LogP contribution >= 0.6 is 0 Å². The minimum atomic E-state index is -0.608. The molecule has 4 aromatic rings. The lowest BCUT2D eigenvalue weighted by Gasteiger charge is -2.22. The number of imidazole rings is 1. The molecule has 1 fully saturated rings. The number of amides is 1. The Morgan fingerprint density at radius 1 is 0.976 bits per heavy atom. The molecule has 1 saturated carbocycles. The molecule has 1 amide bonds. The summed E-state index contributed by atoms with van der Waals surface area (Å²) in [6.45, 7) is 8.37. The number of esters is 1. The second-order valence-corrected chi connectivity index (χ2v) is 12.5. The quantitative estimate of drug-likeness (QED) is 0.208. The van der Waals surface area contributed by atoms with Crippen LogP contribution in [0.1, 0.15) is 105 Å². The predicted molar refractivity (Wildman–Crippen MR) is 169 cm³/mol. The lowest BCUT2D eigenvalue weighted by atomic mass is 9.95. The van der Waals surface area contributed by atoms with Crippen molar-refractivity contribution in [2.75, 3.05) is 0 Å². The summed E-state index contributed by atoms with van der Waals surface area (Å²) >= 11 is 0. The van der Waals surface area contributed by atoms with E-state index in [2.05, 4.69) is 22.9 Å². The number of unbranched alkanes of at least 4 members (excludes halogenated alkanes) is 1. The first kappa shape index (κ1) is 29.6.